The highest BCUT2D eigenvalue weighted by Crippen LogP contribution is 2.15. The van der Waals surface area contributed by atoms with Crippen molar-refractivity contribution in [3.8, 4) is 0 Å². The Morgan fingerprint density at radius 1 is 1.44 bits per heavy atom. The summed E-state index contributed by atoms with van der Waals surface area (Å²) in [6.45, 7) is 4.63. The number of nitrogens with zero attached hydrogens (tertiary/aromatic N) is 1. The van der Waals surface area contributed by atoms with E-state index in [-0.39, 0.29) is 17.9 Å². The lowest BCUT2D eigenvalue weighted by atomic mass is 10.0. The van der Waals surface area contributed by atoms with Crippen molar-refractivity contribution in [2.24, 2.45) is 0 Å². The van der Waals surface area contributed by atoms with Gasteiger partial charge in [-0.1, -0.05) is 28.1 Å². The van der Waals surface area contributed by atoms with E-state index in [9.17, 15) is 9.90 Å². The molecule has 0 aliphatic rings. The van der Waals surface area contributed by atoms with Crippen molar-refractivity contribution in [3.63, 3.8) is 0 Å². The van der Waals surface area contributed by atoms with E-state index >= 15 is 0 Å². The quantitative estimate of drug-likeness (QED) is 0.821. The van der Waals surface area contributed by atoms with Crippen molar-refractivity contribution in [2.75, 3.05) is 20.2 Å². The van der Waals surface area contributed by atoms with Gasteiger partial charge < -0.3 is 5.11 Å². The molecule has 3 nitrogen and oxygen atoms in total. The molecular formula is C14H20BrNO2. The Morgan fingerprint density at radius 2 is 2.11 bits per heavy atom. The molecule has 0 bridgehead atoms. The van der Waals surface area contributed by atoms with Crippen LogP contribution >= 0.6 is 15.9 Å². The third-order valence-electron chi connectivity index (χ3n) is 3.24. The topological polar surface area (TPSA) is 40.5 Å². The van der Waals surface area contributed by atoms with Crippen LogP contribution in [0.5, 0.6) is 0 Å². The molecule has 0 heterocycles. The summed E-state index contributed by atoms with van der Waals surface area (Å²) in [5, 5.41) is 9.25. The maximum atomic E-state index is 12.0. The molecule has 0 radical (unpaired) electrons. The molecule has 4 heteroatoms. The van der Waals surface area contributed by atoms with Crippen LogP contribution in [0.3, 0.4) is 0 Å². The van der Waals surface area contributed by atoms with Crippen LogP contribution in [-0.2, 0) is 0 Å². The number of benzene rings is 1. The first-order chi connectivity index (χ1) is 8.36. The lowest BCUT2D eigenvalue weighted by Crippen LogP contribution is -2.45. The van der Waals surface area contributed by atoms with E-state index in [0.29, 0.717) is 13.0 Å². The second-order valence-corrected chi connectivity index (χ2v) is 5.99. The summed E-state index contributed by atoms with van der Waals surface area (Å²) in [4.78, 5) is 14.0. The summed E-state index contributed by atoms with van der Waals surface area (Å²) in [5.41, 5.74) is 0.428. The summed E-state index contributed by atoms with van der Waals surface area (Å²) in [6, 6.07) is 7.42. The number of carbonyl (C=O) groups is 1. The van der Waals surface area contributed by atoms with Crippen molar-refractivity contribution in [2.45, 2.75) is 25.8 Å². The Morgan fingerprint density at radius 3 is 2.67 bits per heavy atom. The molecule has 0 aliphatic carbocycles. The zero-order valence-electron chi connectivity index (χ0n) is 11.1. The van der Waals surface area contributed by atoms with E-state index < -0.39 is 0 Å². The lowest BCUT2D eigenvalue weighted by Gasteiger charge is -2.33. The van der Waals surface area contributed by atoms with Crippen molar-refractivity contribution in [3.05, 3.63) is 34.3 Å². The lowest BCUT2D eigenvalue weighted by molar-refractivity contribution is 0.0725. The standard InChI is InChI=1S/C14H20BrNO2/c1-14(2,10-17)16(3)8-7-13(18)11-5-4-6-12(15)9-11/h4-6,9,17H,7-8,10H2,1-3H3. The van der Waals surface area contributed by atoms with Crippen LogP contribution in [0.4, 0.5) is 0 Å². The molecule has 1 aromatic carbocycles. The van der Waals surface area contributed by atoms with Gasteiger partial charge in [-0.3, -0.25) is 9.69 Å². The minimum absolute atomic E-state index is 0.0780. The Kier molecular flexibility index (Phi) is 5.50. The summed E-state index contributed by atoms with van der Waals surface area (Å²) < 4.78 is 0.914. The maximum absolute atomic E-state index is 12.0. The predicted molar refractivity (Wildman–Crippen MR) is 76.9 cm³/mol. The van der Waals surface area contributed by atoms with Crippen LogP contribution in [0.25, 0.3) is 0 Å². The number of ketones is 1. The van der Waals surface area contributed by atoms with Crippen molar-refractivity contribution in [1.29, 1.82) is 0 Å². The fraction of sp³-hybridized carbons (Fsp3) is 0.500. The number of Topliss-reactive ketones (excluding diaryl/α,β-unsaturated/α-hetero) is 1. The predicted octanol–water partition coefficient (Wildman–Crippen LogP) is 2.72. The van der Waals surface area contributed by atoms with Crippen LogP contribution in [0.1, 0.15) is 30.6 Å². The summed E-state index contributed by atoms with van der Waals surface area (Å²) in [7, 11) is 1.92. The molecular weight excluding hydrogens is 294 g/mol. The minimum Gasteiger partial charge on any atom is -0.394 e. The average molecular weight is 314 g/mol. The van der Waals surface area contributed by atoms with Crippen LogP contribution in [-0.4, -0.2) is 41.5 Å². The molecule has 1 rings (SSSR count). The first-order valence-corrected chi connectivity index (χ1v) is 6.77. The fourth-order valence-electron chi connectivity index (χ4n) is 1.50. The molecule has 0 atom stereocenters. The Balaban J connectivity index is 2.57. The van der Waals surface area contributed by atoms with Gasteiger partial charge in [0.1, 0.15) is 0 Å². The Bertz CT molecular complexity index is 418. The molecule has 0 saturated heterocycles. The number of carbonyl (C=O) groups excluding carboxylic acids is 1. The van der Waals surface area contributed by atoms with Gasteiger partial charge in [-0.05, 0) is 33.0 Å². The highest BCUT2D eigenvalue weighted by atomic mass is 79.9. The van der Waals surface area contributed by atoms with E-state index in [4.69, 9.17) is 0 Å². The van der Waals surface area contributed by atoms with Crippen molar-refractivity contribution in [1.82, 2.24) is 4.90 Å². The molecule has 1 aromatic rings. The number of hydrogen-bond donors (Lipinski definition) is 1. The van der Waals surface area contributed by atoms with Crippen LogP contribution in [0.15, 0.2) is 28.7 Å². The van der Waals surface area contributed by atoms with Crippen LogP contribution in [0.2, 0.25) is 0 Å². The number of aliphatic hydroxyl groups excluding tert-OH is 1. The summed E-state index contributed by atoms with van der Waals surface area (Å²) in [5.74, 6) is 0.122. The van der Waals surface area contributed by atoms with Gasteiger partial charge in [0.05, 0.1) is 6.61 Å². The minimum atomic E-state index is -0.294. The maximum Gasteiger partial charge on any atom is 0.164 e. The monoisotopic (exact) mass is 313 g/mol. The van der Waals surface area contributed by atoms with Crippen LogP contribution in [0, 0.1) is 0 Å². The van der Waals surface area contributed by atoms with Gasteiger partial charge in [0.15, 0.2) is 5.78 Å². The first kappa shape index (κ1) is 15.3. The second-order valence-electron chi connectivity index (χ2n) is 5.08. The highest BCUT2D eigenvalue weighted by Gasteiger charge is 2.22. The third kappa shape index (κ3) is 4.19. The zero-order chi connectivity index (χ0) is 13.8. The van der Waals surface area contributed by atoms with Crippen molar-refractivity contribution >= 4 is 21.7 Å². The molecule has 0 saturated carbocycles. The number of aliphatic hydroxyl groups is 1. The Labute approximate surface area is 117 Å². The van der Waals surface area contributed by atoms with Gasteiger partial charge >= 0.3 is 0 Å². The number of halogens is 1. The third-order valence-corrected chi connectivity index (χ3v) is 3.73. The smallest absolute Gasteiger partial charge is 0.164 e. The second kappa shape index (κ2) is 6.45. The average Bonchev–Trinajstić information content (AvgIpc) is 2.35. The van der Waals surface area contributed by atoms with Gasteiger partial charge in [0.25, 0.3) is 0 Å². The highest BCUT2D eigenvalue weighted by molar-refractivity contribution is 9.10. The van der Waals surface area contributed by atoms with Gasteiger partial charge in [-0.2, -0.15) is 0 Å². The van der Waals surface area contributed by atoms with E-state index in [2.05, 4.69) is 15.9 Å². The molecule has 100 valence electrons. The summed E-state index contributed by atoms with van der Waals surface area (Å²) in [6.07, 6.45) is 0.455. The summed E-state index contributed by atoms with van der Waals surface area (Å²) >= 11 is 3.36. The van der Waals surface area contributed by atoms with Crippen LogP contribution < -0.4 is 0 Å². The van der Waals surface area contributed by atoms with Crippen molar-refractivity contribution < 1.29 is 9.90 Å². The zero-order valence-corrected chi connectivity index (χ0v) is 12.7. The molecule has 1 N–H and O–H groups in total. The first-order valence-electron chi connectivity index (χ1n) is 5.97. The fourth-order valence-corrected chi connectivity index (χ4v) is 1.90. The Hall–Kier alpha value is -0.710. The van der Waals surface area contributed by atoms with E-state index in [0.717, 1.165) is 10.0 Å². The van der Waals surface area contributed by atoms with E-state index in [1.54, 1.807) is 0 Å². The molecule has 0 spiro atoms. The number of likely N-dealkylation sites (N-methyl/N-ethyl adjacent to an activating group) is 1. The normalized spacial score (nSPS) is 11.9. The number of rotatable bonds is 6. The van der Waals surface area contributed by atoms with Gasteiger partial charge in [0.2, 0.25) is 0 Å². The van der Waals surface area contributed by atoms with Gasteiger partial charge in [-0.15, -0.1) is 0 Å². The molecule has 0 aliphatic heterocycles. The molecule has 0 fully saturated rings. The number of hydrogen-bond acceptors (Lipinski definition) is 3. The largest absolute Gasteiger partial charge is 0.394 e. The molecule has 0 unspecified atom stereocenters. The van der Waals surface area contributed by atoms with E-state index in [1.807, 2.05) is 50.1 Å². The molecule has 0 aromatic heterocycles. The van der Waals surface area contributed by atoms with Gasteiger partial charge in [0, 0.05) is 28.5 Å². The molecule has 0 amide bonds. The van der Waals surface area contributed by atoms with E-state index in [1.165, 1.54) is 0 Å². The molecule has 18 heavy (non-hydrogen) atoms. The SMILES string of the molecule is CN(CCC(=O)c1cccc(Br)c1)C(C)(C)CO. The van der Waals surface area contributed by atoms with Gasteiger partial charge in [-0.25, -0.2) is 0 Å².